The highest BCUT2D eigenvalue weighted by molar-refractivity contribution is 7.11. The summed E-state index contributed by atoms with van der Waals surface area (Å²) in [5, 5.41) is 12.7. The van der Waals surface area contributed by atoms with Crippen LogP contribution in [0.15, 0.2) is 48.5 Å². The fraction of sp³-hybridized carbons (Fsp3) is 0.261. The third-order valence-electron chi connectivity index (χ3n) is 5.55. The van der Waals surface area contributed by atoms with Gasteiger partial charge in [-0.15, -0.1) is 0 Å². The van der Waals surface area contributed by atoms with Crippen LogP contribution in [0.25, 0.3) is 0 Å². The zero-order valence-corrected chi connectivity index (χ0v) is 19.6. The number of nitrogens with zero attached hydrogens (tertiary/aromatic N) is 2. The molecule has 1 aliphatic rings. The number of rotatable bonds is 6. The second kappa shape index (κ2) is 10.1. The smallest absolute Gasteiger partial charge is 0.280 e. The van der Waals surface area contributed by atoms with Crippen LogP contribution in [0.5, 0.6) is 5.75 Å². The largest absolute Gasteiger partial charge is 0.508 e. The van der Waals surface area contributed by atoms with Gasteiger partial charge in [-0.1, -0.05) is 60.3 Å². The quantitative estimate of drug-likeness (QED) is 0.445. The molecule has 172 valence electrons. The number of amides is 2. The summed E-state index contributed by atoms with van der Waals surface area (Å²) in [6, 6.07) is 10.2. The molecule has 1 saturated carbocycles. The molecule has 6 nitrogen and oxygen atoms in total. The number of carbonyl (C=O) groups is 2. The molecule has 1 aliphatic carbocycles. The maximum absolute atomic E-state index is 15.0. The average molecular weight is 508 g/mol. The first-order chi connectivity index (χ1) is 15.9. The van der Waals surface area contributed by atoms with Crippen molar-refractivity contribution in [2.75, 3.05) is 4.90 Å². The van der Waals surface area contributed by atoms with Gasteiger partial charge in [0.05, 0.1) is 5.69 Å². The van der Waals surface area contributed by atoms with E-state index in [1.807, 2.05) is 0 Å². The summed E-state index contributed by atoms with van der Waals surface area (Å²) in [4.78, 5) is 28.3. The first-order valence-corrected chi connectivity index (χ1v) is 11.9. The Hall–Kier alpha value is -2.68. The molecular formula is C23H20Cl2FN3O3S. The minimum absolute atomic E-state index is 0.00760. The van der Waals surface area contributed by atoms with Gasteiger partial charge in [-0.25, -0.2) is 4.39 Å². The van der Waals surface area contributed by atoms with E-state index >= 15 is 0 Å². The van der Waals surface area contributed by atoms with E-state index in [0.29, 0.717) is 5.56 Å². The predicted octanol–water partition coefficient (Wildman–Crippen LogP) is 5.74. The van der Waals surface area contributed by atoms with Crippen LogP contribution in [0.3, 0.4) is 0 Å². The Morgan fingerprint density at radius 3 is 2.39 bits per heavy atom. The van der Waals surface area contributed by atoms with Crippen LogP contribution in [-0.2, 0) is 4.79 Å². The second-order valence-corrected chi connectivity index (χ2v) is 9.48. The van der Waals surface area contributed by atoms with E-state index in [1.165, 1.54) is 42.5 Å². The third kappa shape index (κ3) is 4.98. The van der Waals surface area contributed by atoms with Crippen LogP contribution >= 0.6 is 34.7 Å². The number of halogens is 3. The Labute approximate surface area is 204 Å². The van der Waals surface area contributed by atoms with Crippen molar-refractivity contribution in [2.24, 2.45) is 0 Å². The van der Waals surface area contributed by atoms with E-state index in [9.17, 15) is 19.1 Å². The monoisotopic (exact) mass is 507 g/mol. The number of carbonyl (C=O) groups excluding carboxylic acids is 2. The lowest BCUT2D eigenvalue weighted by Gasteiger charge is -2.32. The Kier molecular flexibility index (Phi) is 7.17. The molecule has 0 unspecified atom stereocenters. The van der Waals surface area contributed by atoms with Gasteiger partial charge in [-0.2, -0.15) is 4.37 Å². The van der Waals surface area contributed by atoms with Crippen LogP contribution < -0.4 is 10.2 Å². The molecule has 1 aromatic heterocycles. The Morgan fingerprint density at radius 1 is 1.12 bits per heavy atom. The summed E-state index contributed by atoms with van der Waals surface area (Å²) in [6.07, 6.45) is 3.65. The highest BCUT2D eigenvalue weighted by atomic mass is 35.5. The number of nitrogens with one attached hydrogen (secondary N) is 1. The summed E-state index contributed by atoms with van der Waals surface area (Å²) < 4.78 is 19.1. The van der Waals surface area contributed by atoms with Crippen LogP contribution in [0.1, 0.15) is 47.8 Å². The first-order valence-electron chi connectivity index (χ1n) is 10.3. The molecule has 2 amide bonds. The lowest BCUT2D eigenvalue weighted by atomic mass is 10.0. The zero-order chi connectivity index (χ0) is 23.5. The number of para-hydroxylation sites is 1. The molecule has 1 atom stereocenters. The molecule has 1 fully saturated rings. The molecule has 0 saturated heterocycles. The number of phenolic OH excluding ortho intramolecular Hbond substituents is 1. The lowest BCUT2D eigenvalue weighted by molar-refractivity contribution is -0.123. The van der Waals surface area contributed by atoms with E-state index in [1.54, 1.807) is 6.07 Å². The fourth-order valence-corrected chi connectivity index (χ4v) is 4.93. The van der Waals surface area contributed by atoms with Gasteiger partial charge in [0.25, 0.3) is 5.91 Å². The normalized spacial score (nSPS) is 14.8. The van der Waals surface area contributed by atoms with Gasteiger partial charge in [-0.05, 0) is 54.2 Å². The number of phenols is 1. The van der Waals surface area contributed by atoms with Crippen LogP contribution in [0.4, 0.5) is 10.1 Å². The second-order valence-electron chi connectivity index (χ2n) is 7.73. The van der Waals surface area contributed by atoms with Gasteiger partial charge in [0, 0.05) is 6.04 Å². The standard InChI is InChI=1S/C23H20Cl2FN3O3S/c24-18-19(28-33-21(18)25)23(32)29(17-8-4-3-7-16(17)26)20(13-9-11-15(30)12-10-13)22(31)27-14-5-1-2-6-14/h3-4,7-12,14,20,30H,1-2,5-6H2,(H,27,31)/t20-/m0/s1. The highest BCUT2D eigenvalue weighted by Gasteiger charge is 2.38. The zero-order valence-electron chi connectivity index (χ0n) is 17.3. The summed E-state index contributed by atoms with van der Waals surface area (Å²) >= 11 is 13.1. The van der Waals surface area contributed by atoms with Crippen molar-refractivity contribution in [3.63, 3.8) is 0 Å². The molecule has 0 aliphatic heterocycles. The number of hydrogen-bond acceptors (Lipinski definition) is 5. The minimum Gasteiger partial charge on any atom is -0.508 e. The van der Waals surface area contributed by atoms with Gasteiger partial charge >= 0.3 is 0 Å². The molecule has 10 heteroatoms. The molecule has 0 bridgehead atoms. The van der Waals surface area contributed by atoms with Crippen molar-refractivity contribution < 1.29 is 19.1 Å². The van der Waals surface area contributed by atoms with Crippen molar-refractivity contribution >= 4 is 52.2 Å². The summed E-state index contributed by atoms with van der Waals surface area (Å²) in [6.45, 7) is 0. The summed E-state index contributed by atoms with van der Waals surface area (Å²) in [5.74, 6) is -1.94. The molecule has 2 aromatic carbocycles. The lowest BCUT2D eigenvalue weighted by Crippen LogP contribution is -2.46. The first kappa shape index (κ1) is 23.5. The molecule has 3 aromatic rings. The van der Waals surface area contributed by atoms with Gasteiger partial charge < -0.3 is 10.4 Å². The van der Waals surface area contributed by atoms with E-state index in [0.717, 1.165) is 42.1 Å². The number of anilines is 1. The highest BCUT2D eigenvalue weighted by Crippen LogP contribution is 2.36. The Balaban J connectivity index is 1.85. The number of aromatic hydroxyl groups is 1. The molecule has 4 rings (SSSR count). The molecule has 1 heterocycles. The molecule has 33 heavy (non-hydrogen) atoms. The van der Waals surface area contributed by atoms with Gasteiger partial charge in [0.2, 0.25) is 5.91 Å². The summed E-state index contributed by atoms with van der Waals surface area (Å²) in [7, 11) is 0. The third-order valence-corrected chi connectivity index (χ3v) is 7.16. The maximum Gasteiger partial charge on any atom is 0.280 e. The van der Waals surface area contributed by atoms with Gasteiger partial charge in [-0.3, -0.25) is 14.5 Å². The van der Waals surface area contributed by atoms with E-state index in [2.05, 4.69) is 9.69 Å². The molecule has 2 N–H and O–H groups in total. The topological polar surface area (TPSA) is 82.5 Å². The molecular weight excluding hydrogens is 488 g/mol. The van der Waals surface area contributed by atoms with E-state index < -0.39 is 23.7 Å². The van der Waals surface area contributed by atoms with E-state index in [-0.39, 0.29) is 32.5 Å². The van der Waals surface area contributed by atoms with Crippen molar-refractivity contribution in [3.8, 4) is 5.75 Å². The van der Waals surface area contributed by atoms with Crippen molar-refractivity contribution in [2.45, 2.75) is 37.8 Å². The van der Waals surface area contributed by atoms with Crippen LogP contribution in [-0.4, -0.2) is 27.3 Å². The maximum atomic E-state index is 15.0. The van der Waals surface area contributed by atoms with Crippen molar-refractivity contribution in [3.05, 3.63) is 75.0 Å². The summed E-state index contributed by atoms with van der Waals surface area (Å²) in [5.41, 5.74) is 0.104. The number of hydrogen-bond donors (Lipinski definition) is 2. The van der Waals surface area contributed by atoms with Crippen LogP contribution in [0, 0.1) is 5.82 Å². The van der Waals surface area contributed by atoms with Crippen LogP contribution in [0.2, 0.25) is 9.36 Å². The minimum atomic E-state index is -1.24. The molecule has 0 spiro atoms. The average Bonchev–Trinajstić information content (AvgIpc) is 3.43. The number of aromatic nitrogens is 1. The van der Waals surface area contributed by atoms with E-state index in [4.69, 9.17) is 23.2 Å². The fourth-order valence-electron chi connectivity index (χ4n) is 3.94. The van der Waals surface area contributed by atoms with Gasteiger partial charge in [0.15, 0.2) is 5.69 Å². The Bertz CT molecular complexity index is 1170. The molecule has 0 radical (unpaired) electrons. The van der Waals surface area contributed by atoms with Crippen molar-refractivity contribution in [1.82, 2.24) is 9.69 Å². The Morgan fingerprint density at radius 2 is 1.79 bits per heavy atom. The predicted molar refractivity (Wildman–Crippen MR) is 127 cm³/mol. The number of benzene rings is 2. The van der Waals surface area contributed by atoms with Crippen molar-refractivity contribution in [1.29, 1.82) is 0 Å². The van der Waals surface area contributed by atoms with Gasteiger partial charge in [0.1, 0.15) is 27.0 Å². The SMILES string of the molecule is O=C(NC1CCCC1)[C@H](c1ccc(O)cc1)N(C(=O)c1nsc(Cl)c1Cl)c1ccccc1F.